The first-order valence-corrected chi connectivity index (χ1v) is 12.3. The van der Waals surface area contributed by atoms with Gasteiger partial charge >= 0.3 is 0 Å². The van der Waals surface area contributed by atoms with Crippen LogP contribution >= 0.6 is 11.3 Å². The van der Waals surface area contributed by atoms with Crippen LogP contribution in [0.4, 0.5) is 0 Å². The van der Waals surface area contributed by atoms with Gasteiger partial charge in [0, 0.05) is 41.8 Å². The summed E-state index contributed by atoms with van der Waals surface area (Å²) in [4.78, 5) is 34.3. The van der Waals surface area contributed by atoms with Gasteiger partial charge in [0.15, 0.2) is 0 Å². The third kappa shape index (κ3) is 4.87. The molecule has 0 saturated carbocycles. The highest BCUT2D eigenvalue weighted by Crippen LogP contribution is 2.45. The van der Waals surface area contributed by atoms with Gasteiger partial charge in [0.25, 0.3) is 11.5 Å². The van der Waals surface area contributed by atoms with Crippen LogP contribution in [0.1, 0.15) is 60.4 Å². The largest absolute Gasteiger partial charge is 0.483 e. The number of hydrogen-bond acceptors (Lipinski definition) is 6. The molecular weight excluding hydrogens is 464 g/mol. The number of pyridine rings is 2. The van der Waals surface area contributed by atoms with E-state index >= 15 is 0 Å². The van der Waals surface area contributed by atoms with E-state index in [1.807, 2.05) is 39.0 Å². The smallest absolute Gasteiger partial charge is 0.274 e. The number of aryl methyl sites for hydroxylation is 2. The minimum Gasteiger partial charge on any atom is -0.483 e. The van der Waals surface area contributed by atoms with Crippen molar-refractivity contribution in [3.05, 3.63) is 68.8 Å². The zero-order chi connectivity index (χ0) is 25.5. The van der Waals surface area contributed by atoms with Gasteiger partial charge in [0.05, 0.1) is 16.2 Å². The Bertz CT molecular complexity index is 1440. The van der Waals surface area contributed by atoms with Gasteiger partial charge in [-0.3, -0.25) is 14.6 Å². The third-order valence-corrected chi connectivity index (χ3v) is 7.21. The normalized spacial score (nSPS) is 12.7. The topological polar surface area (TPSA) is 109 Å². The molecule has 0 fully saturated rings. The number of rotatable bonds is 7. The molecule has 4 rings (SSSR count). The number of H-pyrrole nitrogens is 1. The van der Waals surface area contributed by atoms with Crippen LogP contribution in [0.3, 0.4) is 0 Å². The fraction of sp³-hybridized carbons (Fsp3) is 0.346. The Kier molecular flexibility index (Phi) is 6.57. The zero-order valence-electron chi connectivity index (χ0n) is 20.7. The molecule has 3 N–H and O–H groups in total. The van der Waals surface area contributed by atoms with Gasteiger partial charge in [-0.25, -0.2) is 0 Å². The van der Waals surface area contributed by atoms with E-state index in [9.17, 15) is 14.7 Å². The Morgan fingerprint density at radius 2 is 2.09 bits per heavy atom. The van der Waals surface area contributed by atoms with Crippen LogP contribution in [0.2, 0.25) is 0 Å². The number of thiophene rings is 1. The summed E-state index contributed by atoms with van der Waals surface area (Å²) in [6.45, 7) is 9.65. The number of aromatic amines is 1. The molecule has 1 atom stereocenters. The molecule has 4 heterocycles. The quantitative estimate of drug-likeness (QED) is 0.352. The lowest BCUT2D eigenvalue weighted by Gasteiger charge is -2.16. The molecule has 4 aromatic heterocycles. The molecule has 0 radical (unpaired) electrons. The van der Waals surface area contributed by atoms with E-state index in [0.717, 1.165) is 21.7 Å². The number of nitrogens with zero attached hydrogens (tertiary/aromatic N) is 2. The Hall–Kier alpha value is -3.43. The van der Waals surface area contributed by atoms with Crippen LogP contribution in [0.15, 0.2) is 41.5 Å². The average molecular weight is 495 g/mol. The fourth-order valence-corrected chi connectivity index (χ4v) is 4.93. The maximum atomic E-state index is 12.9. The summed E-state index contributed by atoms with van der Waals surface area (Å²) < 4.78 is 7.85. The highest BCUT2D eigenvalue weighted by Gasteiger charge is 2.26. The summed E-state index contributed by atoms with van der Waals surface area (Å²) in [6, 6.07) is 7.44. The van der Waals surface area contributed by atoms with Gasteiger partial charge in [-0.15, -0.1) is 11.3 Å². The van der Waals surface area contributed by atoms with Gasteiger partial charge in [0.1, 0.15) is 23.1 Å². The summed E-state index contributed by atoms with van der Waals surface area (Å²) >= 11 is 1.39. The van der Waals surface area contributed by atoms with Crippen molar-refractivity contribution in [2.24, 2.45) is 7.05 Å². The number of amides is 1. The molecule has 0 saturated heterocycles. The van der Waals surface area contributed by atoms with Crippen molar-refractivity contribution >= 4 is 28.1 Å². The molecule has 0 spiro atoms. The summed E-state index contributed by atoms with van der Waals surface area (Å²) in [7, 11) is 1.67. The van der Waals surface area contributed by atoms with Crippen LogP contribution in [0, 0.1) is 6.92 Å². The number of hydrogen-bond donors (Lipinski definition) is 3. The lowest BCUT2D eigenvalue weighted by Crippen LogP contribution is -2.23. The first kappa shape index (κ1) is 24.7. The van der Waals surface area contributed by atoms with Crippen molar-refractivity contribution in [2.75, 3.05) is 6.54 Å². The van der Waals surface area contributed by atoms with E-state index in [2.05, 4.69) is 15.3 Å². The first-order valence-electron chi connectivity index (χ1n) is 11.5. The van der Waals surface area contributed by atoms with E-state index in [1.165, 1.54) is 15.9 Å². The highest BCUT2D eigenvalue weighted by atomic mass is 32.1. The van der Waals surface area contributed by atoms with Crippen LogP contribution in [-0.2, 0) is 12.6 Å². The van der Waals surface area contributed by atoms with Crippen LogP contribution in [0.25, 0.3) is 21.3 Å². The second kappa shape index (κ2) is 9.31. The highest BCUT2D eigenvalue weighted by molar-refractivity contribution is 7.16. The minimum absolute atomic E-state index is 0.238. The third-order valence-electron chi connectivity index (χ3n) is 5.75. The van der Waals surface area contributed by atoms with Gasteiger partial charge in [-0.1, -0.05) is 6.07 Å². The molecule has 1 unspecified atom stereocenters. The number of aliphatic hydroxyl groups is 1. The summed E-state index contributed by atoms with van der Waals surface area (Å²) in [5.41, 5.74) is 1.89. The van der Waals surface area contributed by atoms with Gasteiger partial charge in [-0.2, -0.15) is 0 Å². The van der Waals surface area contributed by atoms with Crippen LogP contribution in [0.5, 0.6) is 5.75 Å². The lowest BCUT2D eigenvalue weighted by molar-refractivity contribution is 0.0821. The van der Waals surface area contributed by atoms with Crippen LogP contribution < -0.4 is 15.6 Å². The molecule has 4 aromatic rings. The summed E-state index contributed by atoms with van der Waals surface area (Å²) in [5, 5.41) is 14.1. The molecule has 0 aliphatic heterocycles. The first-order chi connectivity index (χ1) is 16.5. The van der Waals surface area contributed by atoms with Crippen molar-refractivity contribution in [3.63, 3.8) is 0 Å². The second-order valence-corrected chi connectivity index (χ2v) is 10.2. The molecule has 9 heteroatoms. The number of aromatic nitrogens is 3. The van der Waals surface area contributed by atoms with Gasteiger partial charge < -0.3 is 24.7 Å². The molecule has 1 amide bonds. The SMILES string of the molecule is CCNC(=O)c1cc2c(-c3sc(C(C)(C)O)cc3OC(C)c3ccc(C)cn3)cn(C)c(=O)c2[nH]1. The molecule has 0 aromatic carbocycles. The fourth-order valence-electron chi connectivity index (χ4n) is 3.81. The Morgan fingerprint density at radius 3 is 2.71 bits per heavy atom. The summed E-state index contributed by atoms with van der Waals surface area (Å²) in [6.07, 6.45) is 3.19. The second-order valence-electron chi connectivity index (χ2n) is 9.17. The molecular formula is C26H30N4O4S. The molecule has 184 valence electrons. The molecule has 0 bridgehead atoms. The predicted molar refractivity (Wildman–Crippen MR) is 138 cm³/mol. The molecule has 0 aliphatic carbocycles. The number of carbonyl (C=O) groups is 1. The minimum atomic E-state index is -1.09. The Morgan fingerprint density at radius 1 is 1.34 bits per heavy atom. The van der Waals surface area contributed by atoms with Gasteiger partial charge in [0.2, 0.25) is 0 Å². The number of ether oxygens (including phenoxy) is 1. The maximum Gasteiger partial charge on any atom is 0.274 e. The van der Waals surface area contributed by atoms with E-state index < -0.39 is 5.60 Å². The Balaban J connectivity index is 1.88. The molecule has 8 nitrogen and oxygen atoms in total. The van der Waals surface area contributed by atoms with Crippen molar-refractivity contribution < 1.29 is 14.6 Å². The standard InChI is InChI=1S/C26H30N4O4S/c1-7-27-24(31)19-10-16-17(13-30(6)25(32)22(16)29-19)23-20(11-21(35-23)26(4,5)33)34-15(3)18-9-8-14(2)12-28-18/h8-13,15,29,33H,7H2,1-6H3,(H,27,31). The average Bonchev–Trinajstić information content (AvgIpc) is 3.42. The lowest BCUT2D eigenvalue weighted by atomic mass is 10.1. The van der Waals surface area contributed by atoms with Crippen LogP contribution in [-0.4, -0.2) is 32.1 Å². The molecule has 0 aliphatic rings. The van der Waals surface area contributed by atoms with E-state index in [-0.39, 0.29) is 17.6 Å². The van der Waals surface area contributed by atoms with Crippen molar-refractivity contribution in [3.8, 4) is 16.2 Å². The van der Waals surface area contributed by atoms with E-state index in [4.69, 9.17) is 4.74 Å². The predicted octanol–water partition coefficient (Wildman–Crippen LogP) is 4.42. The number of nitrogens with one attached hydrogen (secondary N) is 2. The Labute approximate surface area is 207 Å². The maximum absolute atomic E-state index is 12.9. The number of carbonyl (C=O) groups excluding carboxylic acids is 1. The zero-order valence-corrected chi connectivity index (χ0v) is 21.5. The molecule has 35 heavy (non-hydrogen) atoms. The van der Waals surface area contributed by atoms with Crippen molar-refractivity contribution in [1.29, 1.82) is 0 Å². The number of fused-ring (bicyclic) bond motifs is 1. The summed E-state index contributed by atoms with van der Waals surface area (Å²) in [5.74, 6) is 0.290. The van der Waals surface area contributed by atoms with Crippen molar-refractivity contribution in [2.45, 2.75) is 46.3 Å². The van der Waals surface area contributed by atoms with Crippen molar-refractivity contribution in [1.82, 2.24) is 19.9 Å². The van der Waals surface area contributed by atoms with E-state index in [1.54, 1.807) is 39.4 Å². The van der Waals surface area contributed by atoms with Gasteiger partial charge in [-0.05, 0) is 58.4 Å². The van der Waals surface area contributed by atoms with E-state index in [0.29, 0.717) is 33.8 Å². The monoisotopic (exact) mass is 494 g/mol.